The number of likely N-dealkylation sites (tertiary alicyclic amines) is 1. The van der Waals surface area contributed by atoms with Crippen molar-refractivity contribution < 1.29 is 9.59 Å². The molecule has 2 heterocycles. The number of hydrogen-bond donors (Lipinski definition) is 1. The minimum atomic E-state index is -0.0755. The van der Waals surface area contributed by atoms with Gasteiger partial charge in [0.15, 0.2) is 0 Å². The molecule has 0 radical (unpaired) electrons. The van der Waals surface area contributed by atoms with Crippen LogP contribution in [-0.2, 0) is 4.79 Å². The molecule has 2 aromatic rings. The summed E-state index contributed by atoms with van der Waals surface area (Å²) >= 11 is 0. The van der Waals surface area contributed by atoms with Crippen LogP contribution in [0.1, 0.15) is 60.9 Å². The minimum absolute atomic E-state index is 0.0755. The second kappa shape index (κ2) is 8.71. The molecule has 2 fully saturated rings. The van der Waals surface area contributed by atoms with Crippen LogP contribution in [0.25, 0.3) is 5.69 Å². The van der Waals surface area contributed by atoms with Crippen LogP contribution in [0.2, 0.25) is 0 Å². The third-order valence-electron chi connectivity index (χ3n) is 6.15. The van der Waals surface area contributed by atoms with E-state index in [1.807, 2.05) is 24.0 Å². The zero-order valence-electron chi connectivity index (χ0n) is 16.9. The second-order valence-electron chi connectivity index (χ2n) is 8.16. The van der Waals surface area contributed by atoms with Gasteiger partial charge in [-0.3, -0.25) is 9.59 Å². The van der Waals surface area contributed by atoms with Crippen molar-refractivity contribution >= 4 is 11.8 Å². The van der Waals surface area contributed by atoms with E-state index in [4.69, 9.17) is 0 Å². The van der Waals surface area contributed by atoms with Gasteiger partial charge in [0.25, 0.3) is 5.91 Å². The Labute approximate surface area is 170 Å². The number of carbonyl (C=O) groups excluding carboxylic acids is 2. The molecule has 8 nitrogen and oxygen atoms in total. The van der Waals surface area contributed by atoms with Gasteiger partial charge in [0.1, 0.15) is 6.33 Å². The average molecular weight is 396 g/mol. The molecule has 1 aromatic carbocycles. The first-order valence-electron chi connectivity index (χ1n) is 10.6. The number of amides is 2. The van der Waals surface area contributed by atoms with E-state index < -0.39 is 0 Å². The quantitative estimate of drug-likeness (QED) is 0.856. The van der Waals surface area contributed by atoms with Crippen molar-refractivity contribution in [3.8, 4) is 5.69 Å². The Balaban J connectivity index is 1.31. The molecule has 1 aliphatic heterocycles. The highest BCUT2D eigenvalue weighted by Gasteiger charge is 2.29. The van der Waals surface area contributed by atoms with E-state index in [0.29, 0.717) is 11.5 Å². The molecular formula is C21H28N6O2. The molecule has 0 unspecified atom stereocenters. The zero-order chi connectivity index (χ0) is 20.2. The summed E-state index contributed by atoms with van der Waals surface area (Å²) in [6, 6.07) is 5.61. The number of carbonyl (C=O) groups is 2. The summed E-state index contributed by atoms with van der Waals surface area (Å²) in [4.78, 5) is 27.4. The van der Waals surface area contributed by atoms with Crippen molar-refractivity contribution in [3.05, 3.63) is 35.7 Å². The topological polar surface area (TPSA) is 93.0 Å². The van der Waals surface area contributed by atoms with Gasteiger partial charge in [0.05, 0.1) is 5.69 Å². The normalized spacial score (nSPS) is 18.6. The molecule has 1 aliphatic carbocycles. The van der Waals surface area contributed by atoms with Gasteiger partial charge in [-0.15, -0.1) is 5.10 Å². The van der Waals surface area contributed by atoms with Crippen molar-refractivity contribution in [1.82, 2.24) is 30.4 Å². The van der Waals surface area contributed by atoms with Crippen LogP contribution < -0.4 is 5.32 Å². The van der Waals surface area contributed by atoms with Crippen LogP contribution in [0.15, 0.2) is 24.5 Å². The van der Waals surface area contributed by atoms with Crippen LogP contribution in [0, 0.1) is 12.8 Å². The Morgan fingerprint density at radius 2 is 1.83 bits per heavy atom. The highest BCUT2D eigenvalue weighted by molar-refractivity contribution is 5.94. The fraction of sp³-hybridized carbons (Fsp3) is 0.571. The molecule has 1 saturated carbocycles. The maximum Gasteiger partial charge on any atom is 0.251 e. The summed E-state index contributed by atoms with van der Waals surface area (Å²) in [5.41, 5.74) is 2.40. The first-order chi connectivity index (χ1) is 14.1. The van der Waals surface area contributed by atoms with Crippen molar-refractivity contribution in [2.45, 2.75) is 57.9 Å². The Morgan fingerprint density at radius 1 is 1.07 bits per heavy atom. The molecule has 154 valence electrons. The Hall–Kier alpha value is -2.77. The molecule has 0 spiro atoms. The van der Waals surface area contributed by atoms with Gasteiger partial charge in [-0.2, -0.15) is 0 Å². The summed E-state index contributed by atoms with van der Waals surface area (Å²) < 4.78 is 1.58. The van der Waals surface area contributed by atoms with Gasteiger partial charge in [-0.25, -0.2) is 4.68 Å². The molecule has 1 N–H and O–H groups in total. The number of benzene rings is 1. The number of rotatable bonds is 4. The molecule has 29 heavy (non-hydrogen) atoms. The third-order valence-corrected chi connectivity index (χ3v) is 6.15. The molecule has 1 aromatic heterocycles. The smallest absolute Gasteiger partial charge is 0.251 e. The zero-order valence-corrected chi connectivity index (χ0v) is 16.9. The van der Waals surface area contributed by atoms with Crippen molar-refractivity contribution in [3.63, 3.8) is 0 Å². The predicted molar refractivity (Wildman–Crippen MR) is 108 cm³/mol. The van der Waals surface area contributed by atoms with E-state index in [9.17, 15) is 9.59 Å². The van der Waals surface area contributed by atoms with Crippen molar-refractivity contribution in [2.24, 2.45) is 5.92 Å². The van der Waals surface area contributed by atoms with Crippen LogP contribution in [0.3, 0.4) is 0 Å². The minimum Gasteiger partial charge on any atom is -0.349 e. The monoisotopic (exact) mass is 396 g/mol. The van der Waals surface area contributed by atoms with Gasteiger partial charge in [-0.05, 0) is 66.8 Å². The van der Waals surface area contributed by atoms with Gasteiger partial charge < -0.3 is 10.2 Å². The lowest BCUT2D eigenvalue weighted by atomic mass is 9.87. The summed E-state index contributed by atoms with van der Waals surface area (Å²) in [5, 5.41) is 14.3. The van der Waals surface area contributed by atoms with Crippen LogP contribution in [-0.4, -0.2) is 56.1 Å². The molecule has 1 saturated heterocycles. The van der Waals surface area contributed by atoms with Gasteiger partial charge in [-0.1, -0.05) is 19.3 Å². The summed E-state index contributed by atoms with van der Waals surface area (Å²) in [6.45, 7) is 3.40. The Bertz CT molecular complexity index is 852. The van der Waals surface area contributed by atoms with Gasteiger partial charge in [0.2, 0.25) is 5.91 Å². The highest BCUT2D eigenvalue weighted by Crippen LogP contribution is 2.26. The first kappa shape index (κ1) is 19.5. The first-order valence-corrected chi connectivity index (χ1v) is 10.6. The molecule has 0 bridgehead atoms. The SMILES string of the molecule is Cc1cc(C(=O)NC2CCN(C(=O)C3CCCCC3)CC2)ccc1-n1cnnn1. The molecule has 8 heteroatoms. The van der Waals surface area contributed by atoms with Crippen LogP contribution in [0.5, 0.6) is 0 Å². The van der Waals surface area contributed by atoms with E-state index in [1.54, 1.807) is 10.7 Å². The number of tetrazole rings is 1. The van der Waals surface area contributed by atoms with E-state index in [-0.39, 0.29) is 17.9 Å². The number of aryl methyl sites for hydroxylation is 1. The highest BCUT2D eigenvalue weighted by atomic mass is 16.2. The van der Waals surface area contributed by atoms with E-state index in [0.717, 1.165) is 50.0 Å². The summed E-state index contributed by atoms with van der Waals surface area (Å²) in [7, 11) is 0. The van der Waals surface area contributed by atoms with E-state index in [2.05, 4.69) is 20.8 Å². The van der Waals surface area contributed by atoms with Crippen molar-refractivity contribution in [2.75, 3.05) is 13.1 Å². The van der Waals surface area contributed by atoms with Crippen LogP contribution >= 0.6 is 0 Å². The number of nitrogens with zero attached hydrogens (tertiary/aromatic N) is 5. The lowest BCUT2D eigenvalue weighted by molar-refractivity contribution is -0.137. The number of hydrogen-bond acceptors (Lipinski definition) is 5. The van der Waals surface area contributed by atoms with Crippen molar-refractivity contribution in [1.29, 1.82) is 0 Å². The molecule has 2 amide bonds. The van der Waals surface area contributed by atoms with E-state index >= 15 is 0 Å². The largest absolute Gasteiger partial charge is 0.349 e. The predicted octanol–water partition coefficient (Wildman–Crippen LogP) is 2.27. The molecular weight excluding hydrogens is 368 g/mol. The summed E-state index contributed by atoms with van der Waals surface area (Å²) in [5.74, 6) is 0.466. The van der Waals surface area contributed by atoms with Crippen LogP contribution in [0.4, 0.5) is 0 Å². The summed E-state index contributed by atoms with van der Waals surface area (Å²) in [6.07, 6.45) is 8.84. The maximum atomic E-state index is 12.7. The lowest BCUT2D eigenvalue weighted by Gasteiger charge is -2.35. The Morgan fingerprint density at radius 3 is 2.48 bits per heavy atom. The molecule has 2 aliphatic rings. The number of piperidine rings is 1. The molecule has 4 rings (SSSR count). The number of nitrogens with one attached hydrogen (secondary N) is 1. The average Bonchev–Trinajstić information content (AvgIpc) is 3.29. The Kier molecular flexibility index (Phi) is 5.87. The van der Waals surface area contributed by atoms with Gasteiger partial charge in [0, 0.05) is 30.6 Å². The fourth-order valence-electron chi connectivity index (χ4n) is 4.45. The number of aromatic nitrogens is 4. The van der Waals surface area contributed by atoms with Gasteiger partial charge >= 0.3 is 0 Å². The lowest BCUT2D eigenvalue weighted by Crippen LogP contribution is -2.48. The van der Waals surface area contributed by atoms with E-state index in [1.165, 1.54) is 25.6 Å². The standard InChI is InChI=1S/C21H28N6O2/c1-15-13-17(7-8-19(15)27-14-22-24-25-27)20(28)23-18-9-11-26(12-10-18)21(29)16-5-3-2-4-6-16/h7-8,13-14,16,18H,2-6,9-12H2,1H3,(H,23,28). The third kappa shape index (κ3) is 4.46. The maximum absolute atomic E-state index is 12.7. The fourth-order valence-corrected chi connectivity index (χ4v) is 4.45. The second-order valence-corrected chi connectivity index (χ2v) is 8.16. The molecule has 0 atom stereocenters.